The minimum atomic E-state index is -1.41. The molecule has 0 saturated carbocycles. The Labute approximate surface area is 212 Å². The van der Waals surface area contributed by atoms with Crippen LogP contribution in [0.15, 0.2) is 52.1 Å². The number of aliphatic carboxylic acids is 1. The van der Waals surface area contributed by atoms with Gasteiger partial charge in [-0.25, -0.2) is 18.5 Å². The van der Waals surface area contributed by atoms with Crippen LogP contribution < -0.4 is 21.4 Å². The standard InChI is InChI=1S/C25H28ClFN4O5/c1-14(2)36-20-11-10-18(12-19(20)27)28-22-29-23(34)30(13-25(4,5)21(32)33)24(35)31(22)15(3)16-6-8-17(26)9-7-16/h6-12,14-15H,13H2,1-5H3,(H,32,33)(H,28,29,34)/t15-/m0/s1. The van der Waals surface area contributed by atoms with Crippen molar-refractivity contribution in [1.29, 1.82) is 0 Å². The van der Waals surface area contributed by atoms with E-state index >= 15 is 0 Å². The lowest BCUT2D eigenvalue weighted by Crippen LogP contribution is -2.47. The average Bonchev–Trinajstić information content (AvgIpc) is 2.78. The fraction of sp³-hybridized carbons (Fsp3) is 0.360. The fourth-order valence-corrected chi connectivity index (χ4v) is 3.62. The topological polar surface area (TPSA) is 115 Å². The van der Waals surface area contributed by atoms with Gasteiger partial charge < -0.3 is 15.2 Å². The molecule has 0 saturated heterocycles. The summed E-state index contributed by atoms with van der Waals surface area (Å²) in [5, 5.41) is 12.9. The minimum Gasteiger partial charge on any atom is -0.488 e. The lowest BCUT2D eigenvalue weighted by Gasteiger charge is -2.24. The van der Waals surface area contributed by atoms with Crippen LogP contribution in [0, 0.1) is 11.2 Å². The molecule has 192 valence electrons. The molecule has 0 fully saturated rings. The number of hydrogen-bond acceptors (Lipinski definition) is 6. The van der Waals surface area contributed by atoms with Crippen LogP contribution in [-0.4, -0.2) is 31.3 Å². The summed E-state index contributed by atoms with van der Waals surface area (Å²) in [7, 11) is 0. The molecule has 2 aromatic carbocycles. The Balaban J connectivity index is 2.14. The zero-order valence-electron chi connectivity index (χ0n) is 20.6. The van der Waals surface area contributed by atoms with Crippen molar-refractivity contribution in [2.24, 2.45) is 5.41 Å². The Morgan fingerprint density at radius 2 is 1.81 bits per heavy atom. The van der Waals surface area contributed by atoms with Crippen molar-refractivity contribution in [2.75, 3.05) is 5.32 Å². The second kappa shape index (κ2) is 10.5. The molecule has 3 aromatic rings. The average molecular weight is 519 g/mol. The maximum absolute atomic E-state index is 14.6. The van der Waals surface area contributed by atoms with E-state index in [4.69, 9.17) is 16.3 Å². The molecule has 1 aromatic heterocycles. The van der Waals surface area contributed by atoms with Crippen molar-refractivity contribution in [3.63, 3.8) is 0 Å². The zero-order valence-corrected chi connectivity index (χ0v) is 21.3. The van der Waals surface area contributed by atoms with Gasteiger partial charge in [0.05, 0.1) is 17.6 Å². The Hall–Kier alpha value is -3.66. The third kappa shape index (κ3) is 5.93. The maximum atomic E-state index is 14.6. The summed E-state index contributed by atoms with van der Waals surface area (Å²) in [5.41, 5.74) is -2.20. The Morgan fingerprint density at radius 1 is 1.17 bits per heavy atom. The molecule has 0 amide bonds. The predicted octanol–water partition coefficient (Wildman–Crippen LogP) is 4.45. The number of carboxylic acid groups (broad SMARTS) is 1. The highest BCUT2D eigenvalue weighted by atomic mass is 35.5. The minimum absolute atomic E-state index is 0.0572. The molecule has 0 aliphatic heterocycles. The summed E-state index contributed by atoms with van der Waals surface area (Å²) in [4.78, 5) is 42.1. The molecular weight excluding hydrogens is 491 g/mol. The lowest BCUT2D eigenvalue weighted by molar-refractivity contribution is -0.147. The van der Waals surface area contributed by atoms with E-state index in [2.05, 4.69) is 10.3 Å². The molecule has 9 nitrogen and oxygen atoms in total. The summed E-state index contributed by atoms with van der Waals surface area (Å²) in [5.74, 6) is -1.88. The van der Waals surface area contributed by atoms with Crippen LogP contribution in [0.25, 0.3) is 0 Å². The molecule has 1 heterocycles. The highest BCUT2D eigenvalue weighted by molar-refractivity contribution is 6.30. The van der Waals surface area contributed by atoms with Gasteiger partial charge in [0.25, 0.3) is 0 Å². The van der Waals surface area contributed by atoms with Crippen molar-refractivity contribution in [1.82, 2.24) is 14.1 Å². The van der Waals surface area contributed by atoms with E-state index in [0.29, 0.717) is 10.6 Å². The number of nitrogens with one attached hydrogen (secondary N) is 1. The third-order valence-electron chi connectivity index (χ3n) is 5.52. The number of carbonyl (C=O) groups is 1. The Morgan fingerprint density at radius 3 is 2.36 bits per heavy atom. The number of hydrogen-bond donors (Lipinski definition) is 2. The molecule has 0 unspecified atom stereocenters. The highest BCUT2D eigenvalue weighted by Gasteiger charge is 2.30. The van der Waals surface area contributed by atoms with Crippen LogP contribution in [0.5, 0.6) is 5.75 Å². The predicted molar refractivity (Wildman–Crippen MR) is 135 cm³/mol. The molecule has 1 atom stereocenters. The number of ether oxygens (including phenoxy) is 1. The number of rotatable bonds is 9. The molecule has 0 aliphatic rings. The van der Waals surface area contributed by atoms with Crippen molar-refractivity contribution in [3.05, 3.63) is 79.8 Å². The molecule has 0 bridgehead atoms. The first kappa shape index (κ1) is 26.9. The summed E-state index contributed by atoms with van der Waals surface area (Å²) in [6.07, 6.45) is -0.229. The van der Waals surface area contributed by atoms with Crippen molar-refractivity contribution >= 4 is 29.2 Å². The highest BCUT2D eigenvalue weighted by Crippen LogP contribution is 2.26. The van der Waals surface area contributed by atoms with E-state index in [1.807, 2.05) is 0 Å². The summed E-state index contributed by atoms with van der Waals surface area (Å²) in [6, 6.07) is 10.2. The van der Waals surface area contributed by atoms with Crippen molar-refractivity contribution < 1.29 is 19.0 Å². The fourth-order valence-electron chi connectivity index (χ4n) is 3.49. The van der Waals surface area contributed by atoms with Crippen molar-refractivity contribution in [3.8, 4) is 5.75 Å². The first-order valence-electron chi connectivity index (χ1n) is 11.3. The summed E-state index contributed by atoms with van der Waals surface area (Å²) >= 11 is 6.00. The van der Waals surface area contributed by atoms with Crippen LogP contribution in [0.2, 0.25) is 5.02 Å². The Kier molecular flexibility index (Phi) is 7.88. The van der Waals surface area contributed by atoms with Gasteiger partial charge in [-0.3, -0.25) is 9.36 Å². The van der Waals surface area contributed by atoms with Crippen LogP contribution in [0.1, 0.15) is 46.2 Å². The smallest absolute Gasteiger partial charge is 0.354 e. The largest absolute Gasteiger partial charge is 0.488 e. The van der Waals surface area contributed by atoms with E-state index in [1.54, 1.807) is 45.0 Å². The van der Waals surface area contributed by atoms with Crippen LogP contribution in [0.3, 0.4) is 0 Å². The Bertz CT molecular complexity index is 1380. The zero-order chi connectivity index (χ0) is 26.8. The second-order valence-corrected chi connectivity index (χ2v) is 9.75. The van der Waals surface area contributed by atoms with E-state index in [0.717, 1.165) is 4.57 Å². The first-order chi connectivity index (χ1) is 16.8. The van der Waals surface area contributed by atoms with Gasteiger partial charge in [-0.05, 0) is 64.4 Å². The summed E-state index contributed by atoms with van der Waals surface area (Å²) < 4.78 is 22.0. The van der Waals surface area contributed by atoms with Gasteiger partial charge >= 0.3 is 17.3 Å². The van der Waals surface area contributed by atoms with E-state index < -0.39 is 41.2 Å². The number of nitrogens with zero attached hydrogens (tertiary/aromatic N) is 3. The van der Waals surface area contributed by atoms with E-state index in [9.17, 15) is 23.9 Å². The lowest BCUT2D eigenvalue weighted by atomic mass is 9.94. The number of halogens is 2. The van der Waals surface area contributed by atoms with Gasteiger partial charge in [0.2, 0.25) is 5.95 Å². The third-order valence-corrected chi connectivity index (χ3v) is 5.77. The number of carboxylic acids is 1. The summed E-state index contributed by atoms with van der Waals surface area (Å²) in [6.45, 7) is 7.68. The monoisotopic (exact) mass is 518 g/mol. The maximum Gasteiger partial charge on any atom is 0.354 e. The van der Waals surface area contributed by atoms with E-state index in [-0.39, 0.29) is 23.5 Å². The van der Waals surface area contributed by atoms with Crippen LogP contribution in [0.4, 0.5) is 16.0 Å². The SMILES string of the molecule is CC(C)Oc1ccc(Nc2nc(=O)n(CC(C)(C)C(=O)O)c(=O)n2[C@@H](C)c2ccc(Cl)cc2)cc1F. The molecule has 0 spiro atoms. The number of anilines is 2. The first-order valence-corrected chi connectivity index (χ1v) is 11.6. The quantitative estimate of drug-likeness (QED) is 0.430. The molecule has 0 radical (unpaired) electrons. The van der Waals surface area contributed by atoms with E-state index in [1.165, 1.54) is 36.6 Å². The van der Waals surface area contributed by atoms with Gasteiger partial charge in [-0.2, -0.15) is 4.98 Å². The number of aromatic nitrogens is 3. The molecule has 0 aliphatic carbocycles. The van der Waals surface area contributed by atoms with Gasteiger partial charge in [-0.15, -0.1) is 0 Å². The van der Waals surface area contributed by atoms with Gasteiger partial charge in [0, 0.05) is 23.3 Å². The molecule has 2 N–H and O–H groups in total. The van der Waals surface area contributed by atoms with Crippen LogP contribution >= 0.6 is 11.6 Å². The van der Waals surface area contributed by atoms with Gasteiger partial charge in [0.15, 0.2) is 11.6 Å². The van der Waals surface area contributed by atoms with Crippen LogP contribution in [-0.2, 0) is 11.3 Å². The molecule has 11 heteroatoms. The van der Waals surface area contributed by atoms with Gasteiger partial charge in [0.1, 0.15) is 0 Å². The second-order valence-electron chi connectivity index (χ2n) is 9.31. The van der Waals surface area contributed by atoms with Gasteiger partial charge in [-0.1, -0.05) is 23.7 Å². The molecular formula is C25H28ClFN4O5. The molecule has 36 heavy (non-hydrogen) atoms. The van der Waals surface area contributed by atoms with Crippen molar-refractivity contribution in [2.45, 2.75) is 53.3 Å². The normalized spacial score (nSPS) is 12.4. The number of benzene rings is 2. The molecule has 3 rings (SSSR count).